The summed E-state index contributed by atoms with van der Waals surface area (Å²) in [6.07, 6.45) is 1.79. The first-order valence-electron chi connectivity index (χ1n) is 9.35. The summed E-state index contributed by atoms with van der Waals surface area (Å²) in [6, 6.07) is 12.4. The number of nitrogens with zero attached hydrogens (tertiary/aromatic N) is 3. The lowest BCUT2D eigenvalue weighted by Crippen LogP contribution is -2.22. The van der Waals surface area contributed by atoms with E-state index in [1.54, 1.807) is 19.1 Å². The van der Waals surface area contributed by atoms with E-state index in [1.165, 1.54) is 17.1 Å². The fourth-order valence-electron chi connectivity index (χ4n) is 3.20. The van der Waals surface area contributed by atoms with Crippen LogP contribution in [0.25, 0.3) is 6.08 Å². The van der Waals surface area contributed by atoms with Gasteiger partial charge in [-0.05, 0) is 62.7 Å². The second-order valence-electron chi connectivity index (χ2n) is 6.59. The fraction of sp³-hybridized carbons (Fsp3) is 0.227. The second-order valence-corrected chi connectivity index (χ2v) is 7.00. The molecule has 1 heterocycles. The molecular formula is C22H22ClN3O3. The third kappa shape index (κ3) is 4.17. The van der Waals surface area contributed by atoms with Crippen LogP contribution in [0.2, 0.25) is 5.02 Å². The van der Waals surface area contributed by atoms with Crippen molar-refractivity contribution in [2.75, 3.05) is 23.0 Å². The molecule has 0 bridgehead atoms. The van der Waals surface area contributed by atoms with Gasteiger partial charge in [0.05, 0.1) is 27.6 Å². The van der Waals surface area contributed by atoms with Crippen molar-refractivity contribution in [3.05, 3.63) is 64.2 Å². The minimum atomic E-state index is -1.16. The monoisotopic (exact) mass is 411 g/mol. The maximum atomic E-state index is 12.9. The molecule has 150 valence electrons. The average Bonchev–Trinajstić information content (AvgIpc) is 2.98. The van der Waals surface area contributed by atoms with Gasteiger partial charge in [-0.15, -0.1) is 0 Å². The molecule has 0 fully saturated rings. The quantitative estimate of drug-likeness (QED) is 0.700. The van der Waals surface area contributed by atoms with Crippen molar-refractivity contribution in [2.24, 2.45) is 5.10 Å². The number of hydrogen-bond donors (Lipinski definition) is 1. The Kier molecular flexibility index (Phi) is 6.03. The number of hydrogen-bond acceptors (Lipinski definition) is 4. The molecule has 0 radical (unpaired) electrons. The van der Waals surface area contributed by atoms with Crippen LogP contribution < -0.4 is 9.91 Å². The molecule has 1 N–H and O–H groups in total. The van der Waals surface area contributed by atoms with Crippen LogP contribution in [-0.2, 0) is 4.79 Å². The number of carbonyl (C=O) groups excluding carboxylic acids is 1. The summed E-state index contributed by atoms with van der Waals surface area (Å²) in [5.74, 6) is -1.47. The van der Waals surface area contributed by atoms with Gasteiger partial charge >= 0.3 is 5.97 Å². The lowest BCUT2D eigenvalue weighted by molar-refractivity contribution is -0.114. The van der Waals surface area contributed by atoms with Crippen LogP contribution in [0.4, 0.5) is 11.4 Å². The predicted octanol–water partition coefficient (Wildman–Crippen LogP) is 4.69. The molecule has 0 unspecified atom stereocenters. The molecule has 1 aliphatic heterocycles. The molecular weight excluding hydrogens is 390 g/mol. The Bertz CT molecular complexity index is 1010. The maximum absolute atomic E-state index is 12.9. The first kappa shape index (κ1) is 20.6. The zero-order chi connectivity index (χ0) is 21.1. The van der Waals surface area contributed by atoms with Crippen molar-refractivity contribution < 1.29 is 14.7 Å². The molecule has 0 saturated heterocycles. The van der Waals surface area contributed by atoms with Crippen LogP contribution in [0, 0.1) is 0 Å². The van der Waals surface area contributed by atoms with E-state index in [-0.39, 0.29) is 16.5 Å². The van der Waals surface area contributed by atoms with E-state index in [9.17, 15) is 14.7 Å². The topological polar surface area (TPSA) is 73.2 Å². The molecule has 0 atom stereocenters. The maximum Gasteiger partial charge on any atom is 0.337 e. The summed E-state index contributed by atoms with van der Waals surface area (Å²) in [6.45, 7) is 7.82. The van der Waals surface area contributed by atoms with Gasteiger partial charge in [0.25, 0.3) is 5.91 Å². The minimum absolute atomic E-state index is 0.0748. The predicted molar refractivity (Wildman–Crippen MR) is 117 cm³/mol. The summed E-state index contributed by atoms with van der Waals surface area (Å²) >= 11 is 5.92. The molecule has 7 heteroatoms. The second kappa shape index (κ2) is 8.49. The Labute approximate surface area is 174 Å². The molecule has 0 spiro atoms. The van der Waals surface area contributed by atoms with E-state index < -0.39 is 5.97 Å². The van der Waals surface area contributed by atoms with Crippen LogP contribution in [0.15, 0.2) is 53.1 Å². The SMILES string of the molecule is CCN(CC)c1ccc(/C=C2/C(=O)N(c3ccc(Cl)c(C(=O)O)c3)N=C2C)cc1. The molecule has 0 aromatic heterocycles. The van der Waals surface area contributed by atoms with Crippen LogP contribution in [-0.4, -0.2) is 35.8 Å². The highest BCUT2D eigenvalue weighted by molar-refractivity contribution is 6.34. The Morgan fingerprint density at radius 1 is 1.17 bits per heavy atom. The number of halogens is 1. The number of rotatable bonds is 6. The Hall–Kier alpha value is -3.12. The average molecular weight is 412 g/mol. The van der Waals surface area contributed by atoms with Crippen LogP contribution >= 0.6 is 11.6 Å². The zero-order valence-corrected chi connectivity index (χ0v) is 17.3. The Morgan fingerprint density at radius 2 is 1.83 bits per heavy atom. The molecule has 1 amide bonds. The van der Waals surface area contributed by atoms with E-state index in [0.29, 0.717) is 17.0 Å². The van der Waals surface area contributed by atoms with Gasteiger partial charge in [-0.3, -0.25) is 4.79 Å². The third-order valence-corrected chi connectivity index (χ3v) is 5.15. The normalized spacial score (nSPS) is 15.0. The van der Waals surface area contributed by atoms with Gasteiger partial charge in [-0.1, -0.05) is 23.7 Å². The van der Waals surface area contributed by atoms with Crippen molar-refractivity contribution >= 4 is 46.6 Å². The summed E-state index contributed by atoms with van der Waals surface area (Å²) in [5.41, 5.74) is 3.33. The third-order valence-electron chi connectivity index (χ3n) is 4.82. The summed E-state index contributed by atoms with van der Waals surface area (Å²) in [7, 11) is 0. The van der Waals surface area contributed by atoms with E-state index >= 15 is 0 Å². The molecule has 1 aliphatic rings. The number of carboxylic acids is 1. The number of hydrazone groups is 1. The number of anilines is 2. The highest BCUT2D eigenvalue weighted by Gasteiger charge is 2.29. The number of carboxylic acid groups (broad SMARTS) is 1. The number of amides is 1. The van der Waals surface area contributed by atoms with E-state index in [0.717, 1.165) is 24.3 Å². The fourth-order valence-corrected chi connectivity index (χ4v) is 3.40. The Balaban J connectivity index is 1.88. The van der Waals surface area contributed by atoms with Gasteiger partial charge in [0.1, 0.15) is 0 Å². The lowest BCUT2D eigenvalue weighted by Gasteiger charge is -2.20. The molecule has 2 aromatic rings. The van der Waals surface area contributed by atoms with Crippen LogP contribution in [0.3, 0.4) is 0 Å². The Morgan fingerprint density at radius 3 is 2.41 bits per heavy atom. The minimum Gasteiger partial charge on any atom is -0.478 e. The number of aromatic carboxylic acids is 1. The molecule has 2 aromatic carbocycles. The number of benzene rings is 2. The lowest BCUT2D eigenvalue weighted by atomic mass is 10.1. The molecule has 0 saturated carbocycles. The van der Waals surface area contributed by atoms with E-state index in [2.05, 4.69) is 23.8 Å². The van der Waals surface area contributed by atoms with Gasteiger partial charge in [0.15, 0.2) is 0 Å². The van der Waals surface area contributed by atoms with Gasteiger partial charge in [0, 0.05) is 18.8 Å². The van der Waals surface area contributed by atoms with Gasteiger partial charge in [-0.2, -0.15) is 10.1 Å². The summed E-state index contributed by atoms with van der Waals surface area (Å²) in [4.78, 5) is 26.5. The van der Waals surface area contributed by atoms with Gasteiger partial charge in [0.2, 0.25) is 0 Å². The van der Waals surface area contributed by atoms with Crippen molar-refractivity contribution in [1.82, 2.24) is 0 Å². The first-order chi connectivity index (χ1) is 13.8. The van der Waals surface area contributed by atoms with Crippen molar-refractivity contribution in [3.8, 4) is 0 Å². The molecule has 0 aliphatic carbocycles. The van der Waals surface area contributed by atoms with Crippen LogP contribution in [0.5, 0.6) is 0 Å². The van der Waals surface area contributed by atoms with Gasteiger partial charge < -0.3 is 10.0 Å². The summed E-state index contributed by atoms with van der Waals surface area (Å²) < 4.78 is 0. The van der Waals surface area contributed by atoms with Crippen molar-refractivity contribution in [1.29, 1.82) is 0 Å². The molecule has 3 rings (SSSR count). The highest BCUT2D eigenvalue weighted by Crippen LogP contribution is 2.29. The van der Waals surface area contributed by atoms with E-state index in [4.69, 9.17) is 11.6 Å². The smallest absolute Gasteiger partial charge is 0.337 e. The van der Waals surface area contributed by atoms with Crippen molar-refractivity contribution in [3.63, 3.8) is 0 Å². The highest BCUT2D eigenvalue weighted by atomic mass is 35.5. The zero-order valence-electron chi connectivity index (χ0n) is 16.5. The van der Waals surface area contributed by atoms with Crippen molar-refractivity contribution in [2.45, 2.75) is 20.8 Å². The van der Waals surface area contributed by atoms with E-state index in [1.807, 2.05) is 24.3 Å². The largest absolute Gasteiger partial charge is 0.478 e. The molecule has 6 nitrogen and oxygen atoms in total. The standard InChI is InChI=1S/C22H22ClN3O3/c1-4-25(5-2)16-8-6-15(7-9-16)12-18-14(3)24-26(21(18)27)17-10-11-20(23)19(13-17)22(28)29/h6-13H,4-5H2,1-3H3,(H,28,29)/b18-12+. The van der Waals surface area contributed by atoms with Gasteiger partial charge in [-0.25, -0.2) is 4.79 Å². The first-order valence-corrected chi connectivity index (χ1v) is 9.73. The molecule has 29 heavy (non-hydrogen) atoms. The summed E-state index contributed by atoms with van der Waals surface area (Å²) in [5, 5.41) is 14.9. The van der Waals surface area contributed by atoms with Crippen LogP contribution in [0.1, 0.15) is 36.7 Å². The number of carbonyl (C=O) groups is 2.